The topological polar surface area (TPSA) is 21.3 Å². The highest BCUT2D eigenvalue weighted by atomic mass is 79.9. The van der Waals surface area contributed by atoms with Crippen LogP contribution in [0.4, 0.5) is 0 Å². The first kappa shape index (κ1) is 14.1. The van der Waals surface area contributed by atoms with Crippen molar-refractivity contribution in [3.63, 3.8) is 0 Å². The van der Waals surface area contributed by atoms with Crippen LogP contribution in [0.3, 0.4) is 0 Å². The number of hydrogen-bond acceptors (Lipinski definition) is 2. The molecule has 0 bridgehead atoms. The van der Waals surface area contributed by atoms with E-state index in [9.17, 15) is 0 Å². The maximum Gasteiger partial charge on any atom is 0.135 e. The highest BCUT2D eigenvalue weighted by Crippen LogP contribution is 2.33. The molecular weight excluding hydrogens is 326 g/mol. The fourth-order valence-electron chi connectivity index (χ4n) is 2.36. The maximum absolute atomic E-state index is 6.19. The summed E-state index contributed by atoms with van der Waals surface area (Å²) in [6, 6.07) is 20.5. The summed E-state index contributed by atoms with van der Waals surface area (Å²) in [6.45, 7) is 0.771. The molecule has 0 radical (unpaired) electrons. The molecule has 0 aromatic heterocycles. The molecule has 2 nitrogen and oxygen atoms in total. The first-order chi connectivity index (χ1) is 10.3. The molecule has 0 fully saturated rings. The summed E-state index contributed by atoms with van der Waals surface area (Å²) in [4.78, 5) is 0. The summed E-state index contributed by atoms with van der Waals surface area (Å²) in [6.07, 6.45) is 0. The molecular formula is C18H16BrNO. The zero-order valence-corrected chi connectivity index (χ0v) is 13.4. The monoisotopic (exact) mass is 341 g/mol. The van der Waals surface area contributed by atoms with Gasteiger partial charge in [0, 0.05) is 22.0 Å². The van der Waals surface area contributed by atoms with Gasteiger partial charge in [-0.15, -0.1) is 0 Å². The third-order valence-electron chi connectivity index (χ3n) is 3.37. The van der Waals surface area contributed by atoms with Gasteiger partial charge in [-0.2, -0.15) is 0 Å². The van der Waals surface area contributed by atoms with E-state index in [0.29, 0.717) is 0 Å². The Morgan fingerprint density at radius 2 is 1.76 bits per heavy atom. The summed E-state index contributed by atoms with van der Waals surface area (Å²) in [5.74, 6) is 1.75. The predicted octanol–water partition coefficient (Wildman–Crippen LogP) is 5.11. The Morgan fingerprint density at radius 1 is 0.952 bits per heavy atom. The van der Waals surface area contributed by atoms with E-state index in [1.807, 2.05) is 43.4 Å². The fourth-order valence-corrected chi connectivity index (χ4v) is 2.70. The summed E-state index contributed by atoms with van der Waals surface area (Å²) < 4.78 is 7.20. The van der Waals surface area contributed by atoms with Gasteiger partial charge in [0.25, 0.3) is 0 Å². The zero-order chi connectivity index (χ0) is 14.7. The lowest BCUT2D eigenvalue weighted by atomic mass is 10.1. The highest BCUT2D eigenvalue weighted by molar-refractivity contribution is 9.10. The van der Waals surface area contributed by atoms with Crippen LogP contribution in [0.1, 0.15) is 5.56 Å². The average molecular weight is 342 g/mol. The molecule has 106 valence electrons. The molecule has 1 N–H and O–H groups in total. The Morgan fingerprint density at radius 3 is 2.62 bits per heavy atom. The first-order valence-electron chi connectivity index (χ1n) is 6.86. The van der Waals surface area contributed by atoms with E-state index < -0.39 is 0 Å². The molecule has 0 heterocycles. The van der Waals surface area contributed by atoms with Crippen molar-refractivity contribution in [1.29, 1.82) is 0 Å². The van der Waals surface area contributed by atoms with Gasteiger partial charge in [-0.3, -0.25) is 0 Å². The smallest absolute Gasteiger partial charge is 0.135 e. The third-order valence-corrected chi connectivity index (χ3v) is 3.86. The van der Waals surface area contributed by atoms with Gasteiger partial charge in [0.2, 0.25) is 0 Å². The zero-order valence-electron chi connectivity index (χ0n) is 11.8. The van der Waals surface area contributed by atoms with Crippen LogP contribution in [-0.4, -0.2) is 7.05 Å². The highest BCUT2D eigenvalue weighted by Gasteiger charge is 2.08. The van der Waals surface area contributed by atoms with Crippen LogP contribution < -0.4 is 10.1 Å². The lowest BCUT2D eigenvalue weighted by molar-refractivity contribution is 0.479. The second-order valence-electron chi connectivity index (χ2n) is 4.86. The van der Waals surface area contributed by atoms with Crippen LogP contribution in [-0.2, 0) is 6.54 Å². The molecule has 21 heavy (non-hydrogen) atoms. The Kier molecular flexibility index (Phi) is 4.23. The number of rotatable bonds is 4. The summed E-state index contributed by atoms with van der Waals surface area (Å²) in [7, 11) is 1.93. The largest absolute Gasteiger partial charge is 0.456 e. The quantitative estimate of drug-likeness (QED) is 0.711. The molecule has 0 unspecified atom stereocenters. The first-order valence-corrected chi connectivity index (χ1v) is 7.66. The summed E-state index contributed by atoms with van der Waals surface area (Å²) in [5, 5.41) is 5.47. The molecule has 0 saturated heterocycles. The van der Waals surface area contributed by atoms with Crippen LogP contribution in [0, 0.1) is 0 Å². The molecule has 3 aromatic carbocycles. The average Bonchev–Trinajstić information content (AvgIpc) is 2.50. The van der Waals surface area contributed by atoms with E-state index in [1.165, 1.54) is 5.39 Å². The van der Waals surface area contributed by atoms with E-state index in [0.717, 1.165) is 33.5 Å². The van der Waals surface area contributed by atoms with Crippen LogP contribution in [0.2, 0.25) is 0 Å². The molecule has 3 rings (SSSR count). The minimum atomic E-state index is 0.771. The summed E-state index contributed by atoms with van der Waals surface area (Å²) >= 11 is 3.51. The van der Waals surface area contributed by atoms with Crippen LogP contribution >= 0.6 is 15.9 Å². The van der Waals surface area contributed by atoms with Gasteiger partial charge < -0.3 is 10.1 Å². The van der Waals surface area contributed by atoms with Crippen molar-refractivity contribution < 1.29 is 4.74 Å². The maximum atomic E-state index is 6.19. The normalized spacial score (nSPS) is 10.8. The minimum Gasteiger partial charge on any atom is -0.456 e. The Bertz CT molecular complexity index is 765. The second-order valence-corrected chi connectivity index (χ2v) is 5.78. The number of ether oxygens (including phenoxy) is 1. The Balaban J connectivity index is 2.04. The van der Waals surface area contributed by atoms with Gasteiger partial charge in [-0.05, 0) is 30.6 Å². The molecule has 0 aliphatic heterocycles. The lowest BCUT2D eigenvalue weighted by Crippen LogP contribution is -2.06. The molecule has 3 aromatic rings. The number of halogens is 1. The van der Waals surface area contributed by atoms with E-state index in [1.54, 1.807) is 0 Å². The van der Waals surface area contributed by atoms with Crippen LogP contribution in [0.25, 0.3) is 10.8 Å². The van der Waals surface area contributed by atoms with Crippen molar-refractivity contribution in [2.45, 2.75) is 6.54 Å². The predicted molar refractivity (Wildman–Crippen MR) is 90.9 cm³/mol. The molecule has 0 spiro atoms. The van der Waals surface area contributed by atoms with E-state index >= 15 is 0 Å². The van der Waals surface area contributed by atoms with E-state index in [4.69, 9.17) is 4.74 Å². The van der Waals surface area contributed by atoms with Crippen molar-refractivity contribution in [1.82, 2.24) is 5.32 Å². The van der Waals surface area contributed by atoms with Gasteiger partial charge in [-0.1, -0.05) is 58.4 Å². The standard InChI is InChI=1S/C18H16BrNO/c1-20-12-14-9-10-15(19)11-18(14)21-17-8-4-6-13-5-2-3-7-16(13)17/h2-11,20H,12H2,1H3. The Hall–Kier alpha value is -1.84. The second kappa shape index (κ2) is 6.29. The van der Waals surface area contributed by atoms with E-state index in [2.05, 4.69) is 45.5 Å². The molecule has 0 saturated carbocycles. The fraction of sp³-hybridized carbons (Fsp3) is 0.111. The molecule has 0 atom stereocenters. The Labute approximate surface area is 132 Å². The van der Waals surface area contributed by atoms with Gasteiger partial charge in [0.15, 0.2) is 0 Å². The van der Waals surface area contributed by atoms with Crippen molar-refractivity contribution in [2.24, 2.45) is 0 Å². The number of benzene rings is 3. The van der Waals surface area contributed by atoms with E-state index in [-0.39, 0.29) is 0 Å². The van der Waals surface area contributed by atoms with Crippen molar-refractivity contribution in [3.8, 4) is 11.5 Å². The van der Waals surface area contributed by atoms with Gasteiger partial charge in [0.1, 0.15) is 11.5 Å². The van der Waals surface area contributed by atoms with Crippen molar-refractivity contribution >= 4 is 26.7 Å². The SMILES string of the molecule is CNCc1ccc(Br)cc1Oc1cccc2ccccc12. The lowest BCUT2D eigenvalue weighted by Gasteiger charge is -2.13. The number of nitrogens with one attached hydrogen (secondary N) is 1. The van der Waals surface area contributed by atoms with Crippen molar-refractivity contribution in [3.05, 3.63) is 70.7 Å². The van der Waals surface area contributed by atoms with Crippen LogP contribution in [0.15, 0.2) is 65.1 Å². The summed E-state index contributed by atoms with van der Waals surface area (Å²) in [5.41, 5.74) is 1.13. The molecule has 0 aliphatic carbocycles. The van der Waals surface area contributed by atoms with Gasteiger partial charge >= 0.3 is 0 Å². The van der Waals surface area contributed by atoms with Crippen molar-refractivity contribution in [2.75, 3.05) is 7.05 Å². The molecule has 0 aliphatic rings. The van der Waals surface area contributed by atoms with Gasteiger partial charge in [0.05, 0.1) is 0 Å². The third kappa shape index (κ3) is 3.09. The molecule has 0 amide bonds. The van der Waals surface area contributed by atoms with Gasteiger partial charge in [-0.25, -0.2) is 0 Å². The number of fused-ring (bicyclic) bond motifs is 1. The molecule has 3 heteroatoms. The minimum absolute atomic E-state index is 0.771. The number of hydrogen-bond donors (Lipinski definition) is 1. The van der Waals surface area contributed by atoms with Crippen LogP contribution in [0.5, 0.6) is 11.5 Å².